The first-order valence-electron chi connectivity index (χ1n) is 6.71. The SMILES string of the molecule is CC(C)CC1CC(C)C(C)C(C(=O)O)C1C(=O)O. The second kappa shape index (κ2) is 5.72. The van der Waals surface area contributed by atoms with Crippen LogP contribution >= 0.6 is 0 Å². The Labute approximate surface area is 108 Å². The molecule has 18 heavy (non-hydrogen) atoms. The van der Waals surface area contributed by atoms with Gasteiger partial charge in [0.25, 0.3) is 0 Å². The fourth-order valence-electron chi connectivity index (χ4n) is 3.40. The molecule has 1 fully saturated rings. The van der Waals surface area contributed by atoms with Gasteiger partial charge in [-0.1, -0.05) is 27.7 Å². The lowest BCUT2D eigenvalue weighted by Crippen LogP contribution is -2.46. The summed E-state index contributed by atoms with van der Waals surface area (Å²) in [6.45, 7) is 8.01. The molecule has 1 aliphatic rings. The third kappa shape index (κ3) is 3.03. The molecule has 1 rings (SSSR count). The molecule has 1 aliphatic carbocycles. The Morgan fingerprint density at radius 2 is 1.61 bits per heavy atom. The van der Waals surface area contributed by atoms with Crippen molar-refractivity contribution < 1.29 is 19.8 Å². The summed E-state index contributed by atoms with van der Waals surface area (Å²) in [5.74, 6) is -2.84. The zero-order valence-corrected chi connectivity index (χ0v) is 11.6. The summed E-state index contributed by atoms with van der Waals surface area (Å²) in [4.78, 5) is 22.8. The van der Waals surface area contributed by atoms with Crippen molar-refractivity contribution in [1.29, 1.82) is 0 Å². The van der Waals surface area contributed by atoms with E-state index in [1.165, 1.54) is 0 Å². The van der Waals surface area contributed by atoms with E-state index in [-0.39, 0.29) is 17.8 Å². The summed E-state index contributed by atoms with van der Waals surface area (Å²) in [7, 11) is 0. The predicted octanol–water partition coefficient (Wildman–Crippen LogP) is 2.73. The number of rotatable bonds is 4. The van der Waals surface area contributed by atoms with Crippen LogP contribution in [0.3, 0.4) is 0 Å². The first-order valence-corrected chi connectivity index (χ1v) is 6.71. The topological polar surface area (TPSA) is 74.6 Å². The maximum absolute atomic E-state index is 11.5. The number of carboxylic acids is 2. The standard InChI is InChI=1S/C14H24O4/c1-7(2)5-10-6-8(3)9(4)11(13(15)16)12(10)14(17)18/h7-12H,5-6H2,1-4H3,(H,15,16)(H,17,18). The molecule has 0 aromatic rings. The minimum Gasteiger partial charge on any atom is -0.481 e. The van der Waals surface area contributed by atoms with E-state index in [1.807, 2.05) is 13.8 Å². The zero-order chi connectivity index (χ0) is 14.0. The van der Waals surface area contributed by atoms with Crippen LogP contribution in [0.25, 0.3) is 0 Å². The maximum atomic E-state index is 11.5. The van der Waals surface area contributed by atoms with Gasteiger partial charge in [0.1, 0.15) is 0 Å². The van der Waals surface area contributed by atoms with E-state index in [0.717, 1.165) is 12.8 Å². The van der Waals surface area contributed by atoms with E-state index in [1.54, 1.807) is 0 Å². The van der Waals surface area contributed by atoms with Gasteiger partial charge in [-0.3, -0.25) is 9.59 Å². The molecular formula is C14H24O4. The first-order chi connectivity index (χ1) is 8.25. The van der Waals surface area contributed by atoms with E-state index < -0.39 is 23.8 Å². The van der Waals surface area contributed by atoms with Crippen LogP contribution < -0.4 is 0 Å². The van der Waals surface area contributed by atoms with Gasteiger partial charge in [-0.15, -0.1) is 0 Å². The number of carbonyl (C=O) groups is 2. The number of hydrogen-bond donors (Lipinski definition) is 2. The molecule has 0 aromatic carbocycles. The highest BCUT2D eigenvalue weighted by molar-refractivity contribution is 5.80. The lowest BCUT2D eigenvalue weighted by molar-refractivity contribution is -0.163. The Kier molecular flexibility index (Phi) is 4.77. The van der Waals surface area contributed by atoms with Gasteiger partial charge in [0, 0.05) is 0 Å². The normalized spacial score (nSPS) is 36.6. The minimum absolute atomic E-state index is 0.0187. The summed E-state index contributed by atoms with van der Waals surface area (Å²) in [6.07, 6.45) is 1.61. The number of aliphatic carboxylic acids is 2. The van der Waals surface area contributed by atoms with Gasteiger partial charge in [0.05, 0.1) is 11.8 Å². The van der Waals surface area contributed by atoms with Gasteiger partial charge in [-0.2, -0.15) is 0 Å². The third-order valence-corrected chi connectivity index (χ3v) is 4.38. The Balaban J connectivity index is 3.03. The Bertz CT molecular complexity index is 324. The predicted molar refractivity (Wildman–Crippen MR) is 68.1 cm³/mol. The van der Waals surface area contributed by atoms with Gasteiger partial charge < -0.3 is 10.2 Å². The van der Waals surface area contributed by atoms with E-state index in [0.29, 0.717) is 5.92 Å². The summed E-state index contributed by atoms with van der Waals surface area (Å²) in [6, 6.07) is 0. The molecule has 0 radical (unpaired) electrons. The van der Waals surface area contributed by atoms with Crippen LogP contribution in [0.4, 0.5) is 0 Å². The minimum atomic E-state index is -0.963. The van der Waals surface area contributed by atoms with Gasteiger partial charge in [0.15, 0.2) is 0 Å². The summed E-state index contributed by atoms with van der Waals surface area (Å²) in [5, 5.41) is 18.7. The molecule has 4 heteroatoms. The van der Waals surface area contributed by atoms with Crippen molar-refractivity contribution >= 4 is 11.9 Å². The lowest BCUT2D eigenvalue weighted by atomic mass is 9.61. The van der Waals surface area contributed by atoms with Gasteiger partial charge >= 0.3 is 11.9 Å². The van der Waals surface area contributed by atoms with Crippen molar-refractivity contribution in [3.63, 3.8) is 0 Å². The Hall–Kier alpha value is -1.06. The molecule has 2 N–H and O–H groups in total. The van der Waals surface area contributed by atoms with Crippen LogP contribution in [0.2, 0.25) is 0 Å². The molecule has 0 saturated heterocycles. The molecule has 0 aliphatic heterocycles. The molecule has 0 spiro atoms. The highest BCUT2D eigenvalue weighted by atomic mass is 16.4. The Morgan fingerprint density at radius 3 is 2.00 bits per heavy atom. The quantitative estimate of drug-likeness (QED) is 0.811. The summed E-state index contributed by atoms with van der Waals surface area (Å²) < 4.78 is 0. The molecular weight excluding hydrogens is 232 g/mol. The Morgan fingerprint density at radius 1 is 1.11 bits per heavy atom. The molecule has 4 nitrogen and oxygen atoms in total. The van der Waals surface area contributed by atoms with Crippen LogP contribution in [-0.2, 0) is 9.59 Å². The maximum Gasteiger partial charge on any atom is 0.307 e. The number of carboxylic acid groups (broad SMARTS) is 2. The van der Waals surface area contributed by atoms with E-state index in [9.17, 15) is 19.8 Å². The molecule has 5 unspecified atom stereocenters. The number of hydrogen-bond acceptors (Lipinski definition) is 2. The fourth-order valence-corrected chi connectivity index (χ4v) is 3.40. The molecule has 104 valence electrons. The third-order valence-electron chi connectivity index (χ3n) is 4.38. The molecule has 0 heterocycles. The highest BCUT2D eigenvalue weighted by Gasteiger charge is 2.48. The van der Waals surface area contributed by atoms with Gasteiger partial charge in [-0.25, -0.2) is 0 Å². The molecule has 0 aromatic heterocycles. The van der Waals surface area contributed by atoms with Crippen molar-refractivity contribution in [1.82, 2.24) is 0 Å². The molecule has 1 saturated carbocycles. The second-order valence-corrected chi connectivity index (χ2v) is 6.19. The summed E-state index contributed by atoms with van der Waals surface area (Å²) in [5.41, 5.74) is 0. The average molecular weight is 256 g/mol. The molecule has 0 amide bonds. The van der Waals surface area contributed by atoms with Crippen molar-refractivity contribution in [3.05, 3.63) is 0 Å². The highest BCUT2D eigenvalue weighted by Crippen LogP contribution is 2.44. The summed E-state index contributed by atoms with van der Waals surface area (Å²) >= 11 is 0. The van der Waals surface area contributed by atoms with Gasteiger partial charge in [0.2, 0.25) is 0 Å². The van der Waals surface area contributed by atoms with Crippen LogP contribution in [0.5, 0.6) is 0 Å². The van der Waals surface area contributed by atoms with E-state index in [2.05, 4.69) is 13.8 Å². The zero-order valence-electron chi connectivity index (χ0n) is 11.6. The lowest BCUT2D eigenvalue weighted by Gasteiger charge is -2.42. The average Bonchev–Trinajstić information content (AvgIpc) is 2.20. The van der Waals surface area contributed by atoms with Crippen LogP contribution in [-0.4, -0.2) is 22.2 Å². The second-order valence-electron chi connectivity index (χ2n) is 6.19. The van der Waals surface area contributed by atoms with Crippen LogP contribution in [0, 0.1) is 35.5 Å². The van der Waals surface area contributed by atoms with Crippen molar-refractivity contribution in [2.24, 2.45) is 35.5 Å². The van der Waals surface area contributed by atoms with E-state index in [4.69, 9.17) is 0 Å². The molecule has 0 bridgehead atoms. The van der Waals surface area contributed by atoms with Crippen LogP contribution in [0.1, 0.15) is 40.5 Å². The van der Waals surface area contributed by atoms with Gasteiger partial charge in [-0.05, 0) is 36.5 Å². The largest absolute Gasteiger partial charge is 0.481 e. The van der Waals surface area contributed by atoms with Crippen LogP contribution in [0.15, 0.2) is 0 Å². The smallest absolute Gasteiger partial charge is 0.307 e. The van der Waals surface area contributed by atoms with Crippen molar-refractivity contribution in [3.8, 4) is 0 Å². The van der Waals surface area contributed by atoms with Crippen molar-refractivity contribution in [2.75, 3.05) is 0 Å². The molecule has 5 atom stereocenters. The van der Waals surface area contributed by atoms with Crippen molar-refractivity contribution in [2.45, 2.75) is 40.5 Å². The fraction of sp³-hybridized carbons (Fsp3) is 0.857. The van der Waals surface area contributed by atoms with E-state index >= 15 is 0 Å². The first kappa shape index (κ1) is 15.0. The monoisotopic (exact) mass is 256 g/mol.